The molecule has 1 amide bonds. The van der Waals surface area contributed by atoms with Crippen LogP contribution in [0.1, 0.15) is 37.7 Å². The zero-order valence-corrected chi connectivity index (χ0v) is 18.6. The SMILES string of the molecule is CN1CCC(Oc2ccc(NC(=O)CC3CCN(Cc4ccccc4)CC3)cc2)CC1. The third-order valence-electron chi connectivity index (χ3n) is 6.54. The van der Waals surface area contributed by atoms with Crippen LogP contribution in [-0.2, 0) is 11.3 Å². The van der Waals surface area contributed by atoms with Gasteiger partial charge in [-0.2, -0.15) is 0 Å². The molecular weight excluding hydrogens is 386 g/mol. The van der Waals surface area contributed by atoms with Crippen LogP contribution in [-0.4, -0.2) is 55.0 Å². The fourth-order valence-electron chi connectivity index (χ4n) is 4.58. The van der Waals surface area contributed by atoms with Crippen LogP contribution >= 0.6 is 0 Å². The number of amides is 1. The largest absolute Gasteiger partial charge is 0.490 e. The van der Waals surface area contributed by atoms with Crippen LogP contribution in [0.4, 0.5) is 5.69 Å². The van der Waals surface area contributed by atoms with Crippen LogP contribution < -0.4 is 10.1 Å². The number of ether oxygens (including phenoxy) is 1. The van der Waals surface area contributed by atoms with Gasteiger partial charge in [-0.05, 0) is 81.6 Å². The van der Waals surface area contributed by atoms with Crippen molar-refractivity contribution in [2.24, 2.45) is 5.92 Å². The number of likely N-dealkylation sites (tertiary alicyclic amines) is 2. The topological polar surface area (TPSA) is 44.8 Å². The van der Waals surface area contributed by atoms with Gasteiger partial charge in [-0.25, -0.2) is 0 Å². The Labute approximate surface area is 186 Å². The van der Waals surface area contributed by atoms with Crippen LogP contribution in [0.3, 0.4) is 0 Å². The van der Waals surface area contributed by atoms with Gasteiger partial charge in [0.15, 0.2) is 0 Å². The summed E-state index contributed by atoms with van der Waals surface area (Å²) >= 11 is 0. The Hall–Kier alpha value is -2.37. The van der Waals surface area contributed by atoms with Gasteiger partial charge >= 0.3 is 0 Å². The van der Waals surface area contributed by atoms with Crippen LogP contribution in [0, 0.1) is 5.92 Å². The summed E-state index contributed by atoms with van der Waals surface area (Å²) in [5, 5.41) is 3.06. The third-order valence-corrected chi connectivity index (χ3v) is 6.54. The van der Waals surface area contributed by atoms with Crippen molar-refractivity contribution in [1.29, 1.82) is 0 Å². The molecule has 0 spiro atoms. The second-order valence-electron chi connectivity index (χ2n) is 9.10. The Bertz CT molecular complexity index is 808. The number of carbonyl (C=O) groups is 1. The Balaban J connectivity index is 1.17. The number of benzene rings is 2. The first-order valence-electron chi connectivity index (χ1n) is 11.7. The molecule has 5 nitrogen and oxygen atoms in total. The van der Waals surface area contributed by atoms with Crippen molar-refractivity contribution >= 4 is 11.6 Å². The highest BCUT2D eigenvalue weighted by Crippen LogP contribution is 2.24. The van der Waals surface area contributed by atoms with Crippen molar-refractivity contribution in [1.82, 2.24) is 9.80 Å². The van der Waals surface area contributed by atoms with Gasteiger partial charge in [-0.15, -0.1) is 0 Å². The van der Waals surface area contributed by atoms with Crippen LogP contribution in [0.15, 0.2) is 54.6 Å². The second-order valence-corrected chi connectivity index (χ2v) is 9.10. The van der Waals surface area contributed by atoms with Crippen LogP contribution in [0.5, 0.6) is 5.75 Å². The van der Waals surface area contributed by atoms with Crippen molar-refractivity contribution in [2.45, 2.75) is 44.8 Å². The van der Waals surface area contributed by atoms with E-state index in [0.29, 0.717) is 18.4 Å². The number of hydrogen-bond acceptors (Lipinski definition) is 4. The predicted molar refractivity (Wildman–Crippen MR) is 125 cm³/mol. The van der Waals surface area contributed by atoms with E-state index in [1.54, 1.807) is 0 Å². The Morgan fingerprint density at radius 3 is 2.29 bits per heavy atom. The fourth-order valence-corrected chi connectivity index (χ4v) is 4.58. The molecule has 0 bridgehead atoms. The lowest BCUT2D eigenvalue weighted by Gasteiger charge is -2.31. The van der Waals surface area contributed by atoms with E-state index in [9.17, 15) is 4.79 Å². The zero-order chi connectivity index (χ0) is 21.5. The average Bonchev–Trinajstić information content (AvgIpc) is 2.79. The molecule has 5 heteroatoms. The zero-order valence-electron chi connectivity index (χ0n) is 18.6. The van der Waals surface area contributed by atoms with Gasteiger partial charge < -0.3 is 15.0 Å². The predicted octanol–water partition coefficient (Wildman–Crippen LogP) is 4.40. The molecule has 0 saturated carbocycles. The summed E-state index contributed by atoms with van der Waals surface area (Å²) < 4.78 is 6.09. The van der Waals surface area contributed by atoms with Crippen molar-refractivity contribution in [3.8, 4) is 5.75 Å². The average molecular weight is 422 g/mol. The molecule has 0 aliphatic carbocycles. The van der Waals surface area contributed by atoms with Crippen molar-refractivity contribution in [2.75, 3.05) is 38.5 Å². The third kappa shape index (κ3) is 6.81. The molecule has 2 aromatic carbocycles. The molecule has 0 atom stereocenters. The molecule has 0 aromatic heterocycles. The number of carbonyl (C=O) groups excluding carboxylic acids is 1. The molecule has 0 unspecified atom stereocenters. The summed E-state index contributed by atoms with van der Waals surface area (Å²) in [5.74, 6) is 1.47. The molecule has 2 heterocycles. The van der Waals surface area contributed by atoms with Gasteiger partial charge in [0.25, 0.3) is 0 Å². The highest BCUT2D eigenvalue weighted by atomic mass is 16.5. The van der Waals surface area contributed by atoms with Crippen LogP contribution in [0.2, 0.25) is 0 Å². The van der Waals surface area contributed by atoms with E-state index in [-0.39, 0.29) is 5.91 Å². The van der Waals surface area contributed by atoms with Crippen molar-refractivity contribution < 1.29 is 9.53 Å². The van der Waals surface area contributed by atoms with E-state index in [0.717, 1.165) is 69.8 Å². The van der Waals surface area contributed by atoms with Gasteiger partial charge in [0, 0.05) is 31.7 Å². The minimum Gasteiger partial charge on any atom is -0.490 e. The van der Waals surface area contributed by atoms with Gasteiger partial charge in [-0.3, -0.25) is 9.69 Å². The molecule has 2 aliphatic heterocycles. The molecule has 1 N–H and O–H groups in total. The number of nitrogens with zero attached hydrogens (tertiary/aromatic N) is 2. The van der Waals surface area contributed by atoms with E-state index >= 15 is 0 Å². The van der Waals surface area contributed by atoms with Gasteiger partial charge in [-0.1, -0.05) is 30.3 Å². The smallest absolute Gasteiger partial charge is 0.224 e. The first-order chi connectivity index (χ1) is 15.1. The second kappa shape index (κ2) is 10.8. The first kappa shape index (κ1) is 21.8. The Morgan fingerprint density at radius 2 is 1.61 bits per heavy atom. The quantitative estimate of drug-likeness (QED) is 0.720. The monoisotopic (exact) mass is 421 g/mol. The lowest BCUT2D eigenvalue weighted by atomic mass is 9.93. The summed E-state index contributed by atoms with van der Waals surface area (Å²) in [5.41, 5.74) is 2.21. The lowest BCUT2D eigenvalue weighted by molar-refractivity contribution is -0.117. The van der Waals surface area contributed by atoms with Gasteiger partial charge in [0.2, 0.25) is 5.91 Å². The summed E-state index contributed by atoms with van der Waals surface area (Å²) in [6, 6.07) is 18.5. The molecule has 2 saturated heterocycles. The molecule has 2 aromatic rings. The van der Waals surface area contributed by atoms with Crippen molar-refractivity contribution in [3.05, 3.63) is 60.2 Å². The van der Waals surface area contributed by atoms with Crippen molar-refractivity contribution in [3.63, 3.8) is 0 Å². The van der Waals surface area contributed by atoms with E-state index in [1.165, 1.54) is 5.56 Å². The van der Waals surface area contributed by atoms with E-state index in [4.69, 9.17) is 4.74 Å². The fraction of sp³-hybridized carbons (Fsp3) is 0.500. The molecule has 2 fully saturated rings. The summed E-state index contributed by atoms with van der Waals surface area (Å²) in [7, 11) is 2.15. The number of piperidine rings is 2. The normalized spacial score (nSPS) is 19.3. The summed E-state index contributed by atoms with van der Waals surface area (Å²) in [6.07, 6.45) is 5.21. The van der Waals surface area contributed by atoms with Gasteiger partial charge in [0.1, 0.15) is 11.9 Å². The maximum absolute atomic E-state index is 12.5. The minimum absolute atomic E-state index is 0.116. The molecule has 31 heavy (non-hydrogen) atoms. The van der Waals surface area contributed by atoms with E-state index in [1.807, 2.05) is 24.3 Å². The molecule has 2 aliphatic rings. The number of hydrogen-bond donors (Lipinski definition) is 1. The molecular formula is C26H35N3O2. The van der Waals surface area contributed by atoms with E-state index in [2.05, 4.69) is 52.5 Å². The Kier molecular flexibility index (Phi) is 7.60. The first-order valence-corrected chi connectivity index (χ1v) is 11.7. The highest BCUT2D eigenvalue weighted by Gasteiger charge is 2.22. The lowest BCUT2D eigenvalue weighted by Crippen LogP contribution is -2.35. The Morgan fingerprint density at radius 1 is 0.935 bits per heavy atom. The standard InChI is InChI=1S/C26H35N3O2/c1-28-15-13-25(14-16-28)31-24-9-7-23(8-10-24)27-26(30)19-21-11-17-29(18-12-21)20-22-5-3-2-4-6-22/h2-10,21,25H,11-20H2,1H3,(H,27,30). The number of anilines is 1. The maximum atomic E-state index is 12.5. The number of nitrogens with one attached hydrogen (secondary N) is 1. The molecule has 0 radical (unpaired) electrons. The minimum atomic E-state index is 0.116. The summed E-state index contributed by atoms with van der Waals surface area (Å²) in [4.78, 5) is 17.4. The summed E-state index contributed by atoms with van der Waals surface area (Å²) in [6.45, 7) is 5.31. The molecule has 4 rings (SSSR count). The van der Waals surface area contributed by atoms with Crippen LogP contribution in [0.25, 0.3) is 0 Å². The van der Waals surface area contributed by atoms with Gasteiger partial charge in [0.05, 0.1) is 0 Å². The van der Waals surface area contributed by atoms with E-state index < -0.39 is 0 Å². The maximum Gasteiger partial charge on any atom is 0.224 e. The highest BCUT2D eigenvalue weighted by molar-refractivity contribution is 5.90. The number of rotatable bonds is 7. The molecule has 166 valence electrons.